The molecule has 0 aromatic heterocycles. The molecule has 4 aliphatic rings. The van der Waals surface area contributed by atoms with Crippen molar-refractivity contribution >= 4 is 5.78 Å². The van der Waals surface area contributed by atoms with Crippen LogP contribution in [0.3, 0.4) is 0 Å². The van der Waals surface area contributed by atoms with Crippen LogP contribution in [-0.4, -0.2) is 18.0 Å². The Bertz CT molecular complexity index is 240. The van der Waals surface area contributed by atoms with Crippen molar-refractivity contribution in [3.63, 3.8) is 0 Å². The number of fused-ring (bicyclic) bond motifs is 2. The molecule has 1 aliphatic heterocycles. The van der Waals surface area contributed by atoms with Gasteiger partial charge in [0.05, 0.1) is 5.60 Å². The Kier molecular flexibility index (Phi) is 1.58. The van der Waals surface area contributed by atoms with Crippen LogP contribution >= 0.6 is 0 Å². The van der Waals surface area contributed by atoms with Crippen molar-refractivity contribution in [3.8, 4) is 0 Å². The van der Waals surface area contributed by atoms with Gasteiger partial charge in [-0.15, -0.1) is 0 Å². The minimum absolute atomic E-state index is 0.150. The minimum atomic E-state index is 0.150. The molecular formula is C11H16O2. The molecule has 1 saturated heterocycles. The molecule has 0 radical (unpaired) electrons. The Morgan fingerprint density at radius 1 is 1.38 bits per heavy atom. The van der Waals surface area contributed by atoms with Gasteiger partial charge in [0.25, 0.3) is 0 Å². The van der Waals surface area contributed by atoms with E-state index in [9.17, 15) is 4.79 Å². The van der Waals surface area contributed by atoms with Gasteiger partial charge in [0.15, 0.2) is 0 Å². The van der Waals surface area contributed by atoms with Crippen molar-refractivity contribution < 1.29 is 9.53 Å². The van der Waals surface area contributed by atoms with Crippen LogP contribution in [0.25, 0.3) is 0 Å². The smallest absolute Gasteiger partial charge is 0.136 e. The monoisotopic (exact) mass is 180 g/mol. The molecule has 0 N–H and O–H groups in total. The lowest BCUT2D eigenvalue weighted by atomic mass is 9.61. The SMILES string of the molecule is O=C1C[C@H]2CC[C@@H]1CC21CCCO1. The van der Waals surface area contributed by atoms with E-state index in [0.717, 1.165) is 25.9 Å². The lowest BCUT2D eigenvalue weighted by molar-refractivity contribution is -0.150. The predicted octanol–water partition coefficient (Wildman–Crippen LogP) is 1.92. The van der Waals surface area contributed by atoms with Gasteiger partial charge in [-0.1, -0.05) is 0 Å². The second-order valence-electron chi connectivity index (χ2n) is 4.86. The molecule has 13 heavy (non-hydrogen) atoms. The van der Waals surface area contributed by atoms with Gasteiger partial charge < -0.3 is 4.74 Å². The Morgan fingerprint density at radius 2 is 2.31 bits per heavy atom. The van der Waals surface area contributed by atoms with Crippen LogP contribution in [0.5, 0.6) is 0 Å². The normalized spacial score (nSPS) is 49.1. The first-order valence-corrected chi connectivity index (χ1v) is 5.47. The zero-order chi connectivity index (χ0) is 8.89. The van der Waals surface area contributed by atoms with E-state index in [-0.39, 0.29) is 5.60 Å². The van der Waals surface area contributed by atoms with Crippen molar-refractivity contribution in [2.45, 2.75) is 44.1 Å². The maximum absolute atomic E-state index is 11.5. The summed E-state index contributed by atoms with van der Waals surface area (Å²) in [6.45, 7) is 0.928. The molecular weight excluding hydrogens is 164 g/mol. The topological polar surface area (TPSA) is 26.3 Å². The molecule has 2 nitrogen and oxygen atoms in total. The van der Waals surface area contributed by atoms with Gasteiger partial charge in [-0.2, -0.15) is 0 Å². The summed E-state index contributed by atoms with van der Waals surface area (Å²) in [4.78, 5) is 11.5. The van der Waals surface area contributed by atoms with E-state index < -0.39 is 0 Å². The number of carbonyl (C=O) groups excluding carboxylic acids is 1. The van der Waals surface area contributed by atoms with Crippen LogP contribution in [0, 0.1) is 11.8 Å². The Labute approximate surface area is 78.6 Å². The van der Waals surface area contributed by atoms with Gasteiger partial charge in [-0.3, -0.25) is 4.79 Å². The Balaban J connectivity index is 1.89. The Morgan fingerprint density at radius 3 is 2.85 bits per heavy atom. The molecule has 0 aromatic rings. The Hall–Kier alpha value is -0.370. The van der Waals surface area contributed by atoms with E-state index >= 15 is 0 Å². The van der Waals surface area contributed by atoms with Gasteiger partial charge in [0.2, 0.25) is 0 Å². The van der Waals surface area contributed by atoms with Crippen molar-refractivity contribution in [2.24, 2.45) is 11.8 Å². The summed E-state index contributed by atoms with van der Waals surface area (Å²) < 4.78 is 5.91. The van der Waals surface area contributed by atoms with Gasteiger partial charge in [-0.05, 0) is 38.0 Å². The third-order valence-corrected chi connectivity index (χ3v) is 4.24. The van der Waals surface area contributed by atoms with E-state index in [4.69, 9.17) is 4.74 Å². The van der Waals surface area contributed by atoms with Gasteiger partial charge >= 0.3 is 0 Å². The van der Waals surface area contributed by atoms with Crippen molar-refractivity contribution in [3.05, 3.63) is 0 Å². The summed E-state index contributed by atoms with van der Waals surface area (Å²) in [5, 5.41) is 0. The summed E-state index contributed by atoms with van der Waals surface area (Å²) in [7, 11) is 0. The minimum Gasteiger partial charge on any atom is -0.375 e. The van der Waals surface area contributed by atoms with E-state index in [0.29, 0.717) is 17.6 Å². The van der Waals surface area contributed by atoms with Crippen LogP contribution in [0.15, 0.2) is 0 Å². The number of Topliss-reactive ketones (excluding diaryl/α,β-unsaturated/α-hetero) is 1. The number of hydrogen-bond donors (Lipinski definition) is 0. The van der Waals surface area contributed by atoms with Crippen LogP contribution in [-0.2, 0) is 9.53 Å². The summed E-state index contributed by atoms with van der Waals surface area (Å²) in [6.07, 6.45) is 6.63. The molecule has 3 aliphatic carbocycles. The first-order chi connectivity index (χ1) is 6.30. The van der Waals surface area contributed by atoms with Crippen molar-refractivity contribution in [2.75, 3.05) is 6.61 Å². The predicted molar refractivity (Wildman–Crippen MR) is 48.4 cm³/mol. The third kappa shape index (κ3) is 1.01. The van der Waals surface area contributed by atoms with Gasteiger partial charge in [0.1, 0.15) is 5.78 Å². The zero-order valence-electron chi connectivity index (χ0n) is 7.92. The number of hydrogen-bond acceptors (Lipinski definition) is 2. The van der Waals surface area contributed by atoms with Crippen molar-refractivity contribution in [1.29, 1.82) is 0 Å². The zero-order valence-corrected chi connectivity index (χ0v) is 7.92. The number of ether oxygens (including phenoxy) is 1. The maximum atomic E-state index is 11.5. The average molecular weight is 180 g/mol. The largest absolute Gasteiger partial charge is 0.375 e. The van der Waals surface area contributed by atoms with E-state index in [1.807, 2.05) is 0 Å². The summed E-state index contributed by atoms with van der Waals surface area (Å²) in [5.41, 5.74) is 0.150. The van der Waals surface area contributed by atoms with E-state index in [1.54, 1.807) is 0 Å². The van der Waals surface area contributed by atoms with Crippen LogP contribution in [0.1, 0.15) is 38.5 Å². The molecule has 1 spiro atoms. The molecule has 0 amide bonds. The number of ketones is 1. The van der Waals surface area contributed by atoms with E-state index in [2.05, 4.69) is 0 Å². The molecule has 1 heterocycles. The number of carbonyl (C=O) groups is 1. The van der Waals surface area contributed by atoms with Gasteiger partial charge in [0, 0.05) is 18.9 Å². The first-order valence-electron chi connectivity index (χ1n) is 5.47. The fourth-order valence-electron chi connectivity index (χ4n) is 3.53. The summed E-state index contributed by atoms with van der Waals surface area (Å²) >= 11 is 0. The fraction of sp³-hybridized carbons (Fsp3) is 0.909. The van der Waals surface area contributed by atoms with E-state index in [1.165, 1.54) is 19.3 Å². The van der Waals surface area contributed by atoms with Crippen LogP contribution in [0.2, 0.25) is 0 Å². The van der Waals surface area contributed by atoms with Crippen LogP contribution in [0.4, 0.5) is 0 Å². The number of rotatable bonds is 0. The van der Waals surface area contributed by atoms with Crippen molar-refractivity contribution in [1.82, 2.24) is 0 Å². The molecule has 72 valence electrons. The third-order valence-electron chi connectivity index (χ3n) is 4.24. The molecule has 3 saturated carbocycles. The highest BCUT2D eigenvalue weighted by molar-refractivity contribution is 5.83. The molecule has 2 heteroatoms. The summed E-state index contributed by atoms with van der Waals surface area (Å²) in [6, 6.07) is 0. The molecule has 4 fully saturated rings. The lowest BCUT2D eigenvalue weighted by Gasteiger charge is -2.48. The molecule has 1 unspecified atom stereocenters. The molecule has 0 aromatic carbocycles. The van der Waals surface area contributed by atoms with Gasteiger partial charge in [-0.25, -0.2) is 0 Å². The standard InChI is InChI=1S/C11H16O2/c12-10-6-9-3-2-8(10)7-11(9)4-1-5-13-11/h8-9H,1-7H2/t8-,9-,11?/m1/s1. The van der Waals surface area contributed by atoms with Crippen LogP contribution < -0.4 is 0 Å². The molecule has 3 atom stereocenters. The summed E-state index contributed by atoms with van der Waals surface area (Å²) in [5.74, 6) is 1.42. The quantitative estimate of drug-likeness (QED) is 0.569. The molecule has 2 bridgehead atoms. The second-order valence-corrected chi connectivity index (χ2v) is 4.86. The fourth-order valence-corrected chi connectivity index (χ4v) is 3.53. The first kappa shape index (κ1) is 7.98. The highest BCUT2D eigenvalue weighted by atomic mass is 16.5. The lowest BCUT2D eigenvalue weighted by Crippen LogP contribution is -2.50. The molecule has 4 rings (SSSR count). The highest BCUT2D eigenvalue weighted by Crippen LogP contribution is 2.51. The second kappa shape index (κ2) is 2.57. The maximum Gasteiger partial charge on any atom is 0.136 e. The highest BCUT2D eigenvalue weighted by Gasteiger charge is 2.52. The average Bonchev–Trinajstić information content (AvgIpc) is 2.57.